The van der Waals surface area contributed by atoms with Gasteiger partial charge in [0, 0.05) is 0 Å². The number of alkyl halides is 1. The van der Waals surface area contributed by atoms with Gasteiger partial charge < -0.3 is 0 Å². The van der Waals surface area contributed by atoms with E-state index in [0.717, 1.165) is 5.56 Å². The van der Waals surface area contributed by atoms with Gasteiger partial charge in [-0.05, 0) is 46.5 Å². The molecule has 0 nitrogen and oxygen atoms in total. The van der Waals surface area contributed by atoms with Gasteiger partial charge >= 0.3 is 0 Å². The minimum atomic E-state index is -0.205. The van der Waals surface area contributed by atoms with Gasteiger partial charge in [0.15, 0.2) is 0 Å². The van der Waals surface area contributed by atoms with E-state index < -0.39 is 0 Å². The molecule has 0 aliphatic heterocycles. The van der Waals surface area contributed by atoms with E-state index in [1.54, 1.807) is 0 Å². The molecule has 0 fully saturated rings. The Hall–Kier alpha value is -1.67. The Balaban J connectivity index is 2.18. The van der Waals surface area contributed by atoms with E-state index in [-0.39, 0.29) is 10.6 Å². The molecule has 0 amide bonds. The summed E-state index contributed by atoms with van der Waals surface area (Å²) in [6.45, 7) is 2.11. The highest BCUT2D eigenvalue weighted by Gasteiger charge is 2.15. The van der Waals surface area contributed by atoms with Crippen LogP contribution in [-0.2, 0) is 0 Å². The van der Waals surface area contributed by atoms with Crippen molar-refractivity contribution >= 4 is 26.7 Å². The van der Waals surface area contributed by atoms with Gasteiger partial charge in [0.05, 0.1) is 4.83 Å². The summed E-state index contributed by atoms with van der Waals surface area (Å²) >= 11 is 3.77. The van der Waals surface area contributed by atoms with Crippen molar-refractivity contribution in [3.63, 3.8) is 0 Å². The number of hydrogen-bond donors (Lipinski definition) is 0. The van der Waals surface area contributed by atoms with Crippen LogP contribution in [-0.4, -0.2) is 0 Å². The Bertz CT molecular complexity index is 747. The maximum absolute atomic E-state index is 13.1. The van der Waals surface area contributed by atoms with Gasteiger partial charge in [0.25, 0.3) is 0 Å². The van der Waals surface area contributed by atoms with Crippen LogP contribution in [0.1, 0.15) is 21.5 Å². The highest BCUT2D eigenvalue weighted by Crippen LogP contribution is 2.37. The average Bonchev–Trinajstić information content (AvgIpc) is 2.47. The van der Waals surface area contributed by atoms with Crippen LogP contribution in [0.2, 0.25) is 0 Å². The number of benzene rings is 3. The zero-order valence-electron chi connectivity index (χ0n) is 11.1. The van der Waals surface area contributed by atoms with E-state index in [1.807, 2.05) is 18.2 Å². The van der Waals surface area contributed by atoms with Gasteiger partial charge in [0.1, 0.15) is 5.82 Å². The van der Waals surface area contributed by atoms with Crippen molar-refractivity contribution in [2.45, 2.75) is 11.8 Å². The Labute approximate surface area is 126 Å². The highest BCUT2D eigenvalue weighted by molar-refractivity contribution is 9.09. The Morgan fingerprint density at radius 2 is 1.60 bits per heavy atom. The Morgan fingerprint density at radius 3 is 2.35 bits per heavy atom. The van der Waals surface area contributed by atoms with Crippen molar-refractivity contribution in [2.75, 3.05) is 0 Å². The Morgan fingerprint density at radius 1 is 0.900 bits per heavy atom. The van der Waals surface area contributed by atoms with Gasteiger partial charge in [0.2, 0.25) is 0 Å². The predicted octanol–water partition coefficient (Wildman–Crippen LogP) is 5.77. The summed E-state index contributed by atoms with van der Waals surface area (Å²) < 4.78 is 13.1. The first kappa shape index (κ1) is 13.3. The largest absolute Gasteiger partial charge is 0.207 e. The molecule has 20 heavy (non-hydrogen) atoms. The lowest BCUT2D eigenvalue weighted by Crippen LogP contribution is -1.97. The molecular weight excluding hydrogens is 315 g/mol. The lowest BCUT2D eigenvalue weighted by molar-refractivity contribution is 0.627. The van der Waals surface area contributed by atoms with E-state index in [2.05, 4.69) is 53.2 Å². The molecule has 0 N–H and O–H groups in total. The molecule has 0 spiro atoms. The summed E-state index contributed by atoms with van der Waals surface area (Å²) in [7, 11) is 0. The van der Waals surface area contributed by atoms with Crippen LogP contribution in [0.15, 0.2) is 60.7 Å². The number of aryl methyl sites for hydroxylation is 1. The minimum absolute atomic E-state index is 0.0641. The van der Waals surface area contributed by atoms with Crippen LogP contribution in [0.25, 0.3) is 10.8 Å². The van der Waals surface area contributed by atoms with Gasteiger partial charge in [-0.1, -0.05) is 64.5 Å². The lowest BCUT2D eigenvalue weighted by Gasteiger charge is -2.16. The first-order valence-corrected chi connectivity index (χ1v) is 7.46. The molecule has 100 valence electrons. The fourth-order valence-corrected chi connectivity index (χ4v) is 3.45. The fraction of sp³-hybridized carbons (Fsp3) is 0.111. The molecular formula is C18H14BrF. The number of hydrogen-bond acceptors (Lipinski definition) is 0. The quantitative estimate of drug-likeness (QED) is 0.524. The molecule has 1 unspecified atom stereocenters. The molecule has 3 aromatic carbocycles. The predicted molar refractivity (Wildman–Crippen MR) is 85.9 cm³/mol. The second-order valence-corrected chi connectivity index (χ2v) is 5.85. The molecule has 0 aromatic heterocycles. The minimum Gasteiger partial charge on any atom is -0.207 e. The molecule has 2 heteroatoms. The maximum Gasteiger partial charge on any atom is 0.123 e. The zero-order valence-corrected chi connectivity index (χ0v) is 12.7. The fourth-order valence-electron chi connectivity index (χ4n) is 2.54. The molecule has 0 saturated heterocycles. The summed E-state index contributed by atoms with van der Waals surface area (Å²) in [4.78, 5) is 0.0641. The van der Waals surface area contributed by atoms with Crippen LogP contribution in [0.5, 0.6) is 0 Å². The Kier molecular flexibility index (Phi) is 3.58. The van der Waals surface area contributed by atoms with E-state index in [0.29, 0.717) is 0 Å². The smallest absolute Gasteiger partial charge is 0.123 e. The van der Waals surface area contributed by atoms with Crippen LogP contribution in [0.3, 0.4) is 0 Å². The molecule has 0 saturated carbocycles. The topological polar surface area (TPSA) is 0 Å². The van der Waals surface area contributed by atoms with Gasteiger partial charge in [-0.3, -0.25) is 0 Å². The molecule has 3 rings (SSSR count). The van der Waals surface area contributed by atoms with Gasteiger partial charge in [-0.2, -0.15) is 0 Å². The highest BCUT2D eigenvalue weighted by atomic mass is 79.9. The number of rotatable bonds is 2. The van der Waals surface area contributed by atoms with E-state index in [9.17, 15) is 4.39 Å². The molecule has 0 radical (unpaired) electrons. The molecule has 0 aliphatic carbocycles. The van der Waals surface area contributed by atoms with Crippen molar-refractivity contribution in [2.24, 2.45) is 0 Å². The number of fused-ring (bicyclic) bond motifs is 1. The summed E-state index contributed by atoms with van der Waals surface area (Å²) in [5.74, 6) is -0.205. The molecule has 0 heterocycles. The third kappa shape index (κ3) is 2.36. The van der Waals surface area contributed by atoms with Crippen molar-refractivity contribution in [3.8, 4) is 0 Å². The number of halogens is 2. The molecule has 1 atom stereocenters. The van der Waals surface area contributed by atoms with Crippen molar-refractivity contribution in [1.29, 1.82) is 0 Å². The van der Waals surface area contributed by atoms with Crippen LogP contribution >= 0.6 is 15.9 Å². The van der Waals surface area contributed by atoms with E-state index in [4.69, 9.17) is 0 Å². The van der Waals surface area contributed by atoms with E-state index in [1.165, 1.54) is 34.0 Å². The second-order valence-electron chi connectivity index (χ2n) is 4.93. The van der Waals surface area contributed by atoms with Crippen LogP contribution in [0.4, 0.5) is 4.39 Å². The first-order chi connectivity index (χ1) is 9.66. The van der Waals surface area contributed by atoms with Crippen molar-refractivity contribution in [3.05, 3.63) is 83.2 Å². The van der Waals surface area contributed by atoms with E-state index >= 15 is 0 Å². The van der Waals surface area contributed by atoms with Crippen LogP contribution in [0, 0.1) is 12.7 Å². The molecule has 3 aromatic rings. The van der Waals surface area contributed by atoms with Crippen molar-refractivity contribution < 1.29 is 4.39 Å². The van der Waals surface area contributed by atoms with Gasteiger partial charge in [-0.15, -0.1) is 0 Å². The third-order valence-corrected chi connectivity index (χ3v) is 4.59. The SMILES string of the molecule is Cc1ccc2ccccc2c1C(Br)c1ccc(F)cc1. The standard InChI is InChI=1S/C18H14BrF/c1-12-6-7-13-4-2-3-5-16(13)17(12)18(19)14-8-10-15(20)11-9-14/h2-11,18H,1H3. The monoisotopic (exact) mass is 328 g/mol. The summed E-state index contributed by atoms with van der Waals surface area (Å²) in [5.41, 5.74) is 3.54. The third-order valence-electron chi connectivity index (χ3n) is 3.60. The van der Waals surface area contributed by atoms with Crippen LogP contribution < -0.4 is 0 Å². The second kappa shape index (κ2) is 5.37. The van der Waals surface area contributed by atoms with Crippen molar-refractivity contribution in [1.82, 2.24) is 0 Å². The summed E-state index contributed by atoms with van der Waals surface area (Å²) in [5, 5.41) is 2.46. The normalized spacial score (nSPS) is 12.6. The lowest BCUT2D eigenvalue weighted by atomic mass is 9.94. The molecule has 0 bridgehead atoms. The summed E-state index contributed by atoms with van der Waals surface area (Å²) in [6.07, 6.45) is 0. The molecule has 0 aliphatic rings. The summed E-state index contributed by atoms with van der Waals surface area (Å²) in [6, 6.07) is 19.3. The zero-order chi connectivity index (χ0) is 14.1. The average molecular weight is 329 g/mol. The van der Waals surface area contributed by atoms with Gasteiger partial charge in [-0.25, -0.2) is 4.39 Å². The maximum atomic E-state index is 13.1. The first-order valence-electron chi connectivity index (χ1n) is 6.54.